The number of rotatable bonds is 4. The number of carboxylic acids is 1. The summed E-state index contributed by atoms with van der Waals surface area (Å²) in [6, 6.07) is 8.84. The Morgan fingerprint density at radius 3 is 2.57 bits per heavy atom. The molecule has 8 heteroatoms. The summed E-state index contributed by atoms with van der Waals surface area (Å²) in [5.41, 5.74) is 0.955. The molecule has 1 heterocycles. The average molecular weight is 322 g/mol. The maximum atomic E-state index is 12.2. The first-order valence-electron chi connectivity index (χ1n) is 5.70. The summed E-state index contributed by atoms with van der Waals surface area (Å²) in [6.07, 6.45) is 0. The molecule has 0 radical (unpaired) electrons. The molecule has 0 atom stereocenters. The first-order chi connectivity index (χ1) is 9.83. The molecule has 0 fully saturated rings. The van der Waals surface area contributed by atoms with Crippen molar-refractivity contribution in [3.05, 3.63) is 46.3 Å². The number of carbonyl (C=O) groups is 1. The maximum Gasteiger partial charge on any atom is 0.345 e. The van der Waals surface area contributed by atoms with E-state index in [9.17, 15) is 13.2 Å². The van der Waals surface area contributed by atoms with Gasteiger partial charge in [0.15, 0.2) is 0 Å². The largest absolute Gasteiger partial charge is 0.477 e. The third kappa shape index (κ3) is 3.21. The highest BCUT2D eigenvalue weighted by atomic mass is 32.2. The molecule has 2 aromatic rings. The Labute approximate surface area is 125 Å². The number of hydrogen-bond donors (Lipinski definition) is 2. The normalized spacial score (nSPS) is 10.9. The van der Waals surface area contributed by atoms with Gasteiger partial charge in [-0.15, -0.1) is 11.3 Å². The van der Waals surface area contributed by atoms with Gasteiger partial charge in [0.25, 0.3) is 10.0 Å². The number of carboxylic acid groups (broad SMARTS) is 1. The summed E-state index contributed by atoms with van der Waals surface area (Å²) in [7, 11) is -3.82. The molecule has 6 nitrogen and oxygen atoms in total. The van der Waals surface area contributed by atoms with Gasteiger partial charge in [0.2, 0.25) is 0 Å². The van der Waals surface area contributed by atoms with E-state index in [0.717, 1.165) is 11.3 Å². The van der Waals surface area contributed by atoms with Crippen molar-refractivity contribution < 1.29 is 18.3 Å². The van der Waals surface area contributed by atoms with E-state index in [4.69, 9.17) is 10.4 Å². The summed E-state index contributed by atoms with van der Waals surface area (Å²) in [5.74, 6) is -1.11. The molecule has 0 amide bonds. The standard InChI is InChI=1S/C13H10N2O4S2/c1-8-6-10(3-2-9(8)7-14)21(18,19)15-12-5-4-11(20-12)13(16)17/h2-6,15H,1H3,(H,16,17). The number of anilines is 1. The van der Waals surface area contributed by atoms with Crippen LogP contribution in [0.15, 0.2) is 35.2 Å². The molecule has 0 aliphatic carbocycles. The second-order valence-corrected chi connectivity index (χ2v) is 6.93. The highest BCUT2D eigenvalue weighted by Crippen LogP contribution is 2.25. The van der Waals surface area contributed by atoms with Crippen molar-refractivity contribution in [2.75, 3.05) is 4.72 Å². The lowest BCUT2D eigenvalue weighted by atomic mass is 10.1. The molecule has 0 aliphatic heterocycles. The van der Waals surface area contributed by atoms with Gasteiger partial charge < -0.3 is 5.11 Å². The molecule has 0 unspecified atom stereocenters. The van der Waals surface area contributed by atoms with Crippen molar-refractivity contribution in [2.45, 2.75) is 11.8 Å². The summed E-state index contributed by atoms with van der Waals surface area (Å²) in [6.45, 7) is 1.64. The van der Waals surface area contributed by atoms with Crippen molar-refractivity contribution in [3.63, 3.8) is 0 Å². The smallest absolute Gasteiger partial charge is 0.345 e. The number of thiophene rings is 1. The predicted molar refractivity (Wildman–Crippen MR) is 78.0 cm³/mol. The van der Waals surface area contributed by atoms with Crippen LogP contribution in [0, 0.1) is 18.3 Å². The molecule has 0 bridgehead atoms. The predicted octanol–water partition coefficient (Wildman–Crippen LogP) is 2.43. The van der Waals surface area contributed by atoms with Gasteiger partial charge in [-0.2, -0.15) is 5.26 Å². The van der Waals surface area contributed by atoms with Gasteiger partial charge in [-0.05, 0) is 42.8 Å². The van der Waals surface area contributed by atoms with E-state index in [0.29, 0.717) is 11.1 Å². The third-order valence-electron chi connectivity index (χ3n) is 2.68. The fourth-order valence-electron chi connectivity index (χ4n) is 1.63. The van der Waals surface area contributed by atoms with Crippen LogP contribution in [-0.2, 0) is 10.0 Å². The van der Waals surface area contributed by atoms with Crippen LogP contribution in [0.2, 0.25) is 0 Å². The van der Waals surface area contributed by atoms with E-state index in [1.807, 2.05) is 6.07 Å². The molecular formula is C13H10N2O4S2. The van der Waals surface area contributed by atoms with Crippen LogP contribution in [0.25, 0.3) is 0 Å². The minimum Gasteiger partial charge on any atom is -0.477 e. The summed E-state index contributed by atoms with van der Waals surface area (Å²) < 4.78 is 26.7. The molecule has 0 aliphatic rings. The first kappa shape index (κ1) is 15.0. The van der Waals surface area contributed by atoms with Gasteiger partial charge in [0.05, 0.1) is 16.5 Å². The van der Waals surface area contributed by atoms with E-state index in [1.165, 1.54) is 30.3 Å². The molecule has 0 saturated carbocycles. The Balaban J connectivity index is 2.31. The lowest BCUT2D eigenvalue weighted by Gasteiger charge is -2.07. The third-order valence-corrected chi connectivity index (χ3v) is 5.16. The average Bonchev–Trinajstić information content (AvgIpc) is 2.86. The number of sulfonamides is 1. The van der Waals surface area contributed by atoms with E-state index < -0.39 is 16.0 Å². The van der Waals surface area contributed by atoms with Crippen molar-refractivity contribution in [3.8, 4) is 6.07 Å². The summed E-state index contributed by atoms with van der Waals surface area (Å²) >= 11 is 0.832. The Morgan fingerprint density at radius 1 is 1.33 bits per heavy atom. The Bertz CT molecular complexity index is 847. The number of nitrogens with zero attached hydrogens (tertiary/aromatic N) is 1. The molecule has 1 aromatic carbocycles. The molecule has 108 valence electrons. The fourth-order valence-corrected chi connectivity index (χ4v) is 3.75. The van der Waals surface area contributed by atoms with Crippen molar-refractivity contribution in [1.29, 1.82) is 5.26 Å². The Hall–Kier alpha value is -2.37. The van der Waals surface area contributed by atoms with Gasteiger partial charge in [0, 0.05) is 0 Å². The number of aryl methyl sites for hydroxylation is 1. The van der Waals surface area contributed by atoms with Crippen molar-refractivity contribution >= 4 is 32.3 Å². The monoisotopic (exact) mass is 322 g/mol. The van der Waals surface area contributed by atoms with E-state index in [-0.39, 0.29) is 14.8 Å². The van der Waals surface area contributed by atoms with Gasteiger partial charge in [-0.25, -0.2) is 13.2 Å². The molecule has 0 spiro atoms. The van der Waals surface area contributed by atoms with Crippen LogP contribution in [0.3, 0.4) is 0 Å². The highest BCUT2D eigenvalue weighted by molar-refractivity contribution is 7.93. The van der Waals surface area contributed by atoms with E-state index in [2.05, 4.69) is 4.72 Å². The quantitative estimate of drug-likeness (QED) is 0.899. The zero-order valence-electron chi connectivity index (χ0n) is 10.8. The Morgan fingerprint density at radius 2 is 2.05 bits per heavy atom. The van der Waals surface area contributed by atoms with Crippen LogP contribution in [-0.4, -0.2) is 19.5 Å². The van der Waals surface area contributed by atoms with Crippen LogP contribution in [0.5, 0.6) is 0 Å². The van der Waals surface area contributed by atoms with Crippen LogP contribution >= 0.6 is 11.3 Å². The lowest BCUT2D eigenvalue weighted by Crippen LogP contribution is -2.12. The van der Waals surface area contributed by atoms with Crippen LogP contribution in [0.4, 0.5) is 5.00 Å². The minimum absolute atomic E-state index is 0.0178. The van der Waals surface area contributed by atoms with E-state index >= 15 is 0 Å². The minimum atomic E-state index is -3.82. The molecule has 1 aromatic heterocycles. The second kappa shape index (κ2) is 5.55. The lowest BCUT2D eigenvalue weighted by molar-refractivity contribution is 0.0702. The summed E-state index contributed by atoms with van der Waals surface area (Å²) in [5, 5.41) is 17.9. The van der Waals surface area contributed by atoms with Gasteiger partial charge >= 0.3 is 5.97 Å². The van der Waals surface area contributed by atoms with Gasteiger partial charge in [0.1, 0.15) is 9.88 Å². The van der Waals surface area contributed by atoms with Gasteiger partial charge in [-0.3, -0.25) is 4.72 Å². The fraction of sp³-hybridized carbons (Fsp3) is 0.0769. The molecule has 21 heavy (non-hydrogen) atoms. The van der Waals surface area contributed by atoms with Crippen molar-refractivity contribution in [1.82, 2.24) is 0 Å². The number of aromatic carboxylic acids is 1. The number of hydrogen-bond acceptors (Lipinski definition) is 5. The molecule has 2 rings (SSSR count). The number of benzene rings is 1. The Kier molecular flexibility index (Phi) is 3.97. The number of nitrogens with one attached hydrogen (secondary N) is 1. The summed E-state index contributed by atoms with van der Waals surface area (Å²) in [4.78, 5) is 10.8. The maximum absolute atomic E-state index is 12.2. The van der Waals surface area contributed by atoms with Crippen LogP contribution in [0.1, 0.15) is 20.8 Å². The molecule has 0 saturated heterocycles. The zero-order valence-corrected chi connectivity index (χ0v) is 12.5. The second-order valence-electron chi connectivity index (χ2n) is 4.16. The molecular weight excluding hydrogens is 312 g/mol. The van der Waals surface area contributed by atoms with Crippen LogP contribution < -0.4 is 4.72 Å². The van der Waals surface area contributed by atoms with Crippen molar-refractivity contribution in [2.24, 2.45) is 0 Å². The van der Waals surface area contributed by atoms with Gasteiger partial charge in [-0.1, -0.05) is 0 Å². The highest BCUT2D eigenvalue weighted by Gasteiger charge is 2.17. The van der Waals surface area contributed by atoms with E-state index in [1.54, 1.807) is 6.92 Å². The zero-order chi connectivity index (χ0) is 15.6. The molecule has 2 N–H and O–H groups in total. The number of nitriles is 1. The SMILES string of the molecule is Cc1cc(S(=O)(=O)Nc2ccc(C(=O)O)s2)ccc1C#N. The topological polar surface area (TPSA) is 107 Å². The first-order valence-corrected chi connectivity index (χ1v) is 8.00.